The average Bonchev–Trinajstić information content (AvgIpc) is 2.38. The molecule has 0 amide bonds. The zero-order valence-corrected chi connectivity index (χ0v) is 12.1. The molecule has 0 aromatic heterocycles. The van der Waals surface area contributed by atoms with Gasteiger partial charge >= 0.3 is 0 Å². The summed E-state index contributed by atoms with van der Waals surface area (Å²) in [7, 11) is 1.58. The summed E-state index contributed by atoms with van der Waals surface area (Å²) in [5.74, 6) is 0.366. The van der Waals surface area contributed by atoms with Crippen molar-refractivity contribution in [3.05, 3.63) is 28.2 Å². The Labute approximate surface area is 122 Å². The lowest BCUT2D eigenvalue weighted by Crippen LogP contribution is -2.32. The van der Waals surface area contributed by atoms with E-state index in [1.807, 2.05) is 0 Å². The molecule has 1 unspecified atom stereocenters. The maximum atomic E-state index is 9.66. The van der Waals surface area contributed by atoms with E-state index in [9.17, 15) is 5.11 Å². The molecule has 0 aliphatic rings. The van der Waals surface area contributed by atoms with Gasteiger partial charge in [0, 0.05) is 7.11 Å². The lowest BCUT2D eigenvalue weighted by molar-refractivity contribution is -0.0173. The number of methoxy groups -OCH3 is 1. The van der Waals surface area contributed by atoms with Crippen molar-refractivity contribution < 1.29 is 19.4 Å². The molecule has 1 aromatic carbocycles. The first kappa shape index (κ1) is 16.5. The predicted molar refractivity (Wildman–Crippen MR) is 73.8 cm³/mol. The summed E-state index contributed by atoms with van der Waals surface area (Å²) < 4.78 is 10.2. The molecule has 19 heavy (non-hydrogen) atoms. The van der Waals surface area contributed by atoms with Crippen molar-refractivity contribution in [2.45, 2.75) is 6.10 Å². The van der Waals surface area contributed by atoms with E-state index in [2.05, 4.69) is 5.48 Å². The number of ether oxygens (including phenoxy) is 2. The van der Waals surface area contributed by atoms with E-state index >= 15 is 0 Å². The third-order valence-electron chi connectivity index (χ3n) is 2.15. The molecule has 1 atom stereocenters. The predicted octanol–water partition coefficient (Wildman–Crippen LogP) is 1.90. The van der Waals surface area contributed by atoms with E-state index < -0.39 is 6.10 Å². The first-order chi connectivity index (χ1) is 9.15. The van der Waals surface area contributed by atoms with Crippen LogP contribution in [0.3, 0.4) is 0 Å². The standard InChI is InChI=1S/C12H17Cl2NO4/c1-17-5-6-19-15-7-9(16)8-18-12-10(13)3-2-4-11(12)14/h2-4,9,15-16H,5-8H2,1H3. The summed E-state index contributed by atoms with van der Waals surface area (Å²) in [4.78, 5) is 5.00. The first-order valence-corrected chi connectivity index (χ1v) is 6.49. The molecule has 0 bridgehead atoms. The van der Waals surface area contributed by atoms with Gasteiger partial charge < -0.3 is 14.6 Å². The number of hydrogen-bond acceptors (Lipinski definition) is 5. The van der Waals surface area contributed by atoms with Crippen LogP contribution in [0.25, 0.3) is 0 Å². The van der Waals surface area contributed by atoms with Crippen LogP contribution in [0.2, 0.25) is 10.0 Å². The minimum atomic E-state index is -0.741. The number of para-hydroxylation sites is 1. The second-order valence-corrected chi connectivity index (χ2v) is 4.52. The van der Waals surface area contributed by atoms with E-state index in [0.717, 1.165) is 0 Å². The molecule has 0 heterocycles. The van der Waals surface area contributed by atoms with E-state index in [4.69, 9.17) is 37.5 Å². The van der Waals surface area contributed by atoms with Gasteiger partial charge in [0.15, 0.2) is 5.75 Å². The number of benzene rings is 1. The van der Waals surface area contributed by atoms with Crippen LogP contribution in [0.15, 0.2) is 18.2 Å². The van der Waals surface area contributed by atoms with Crippen LogP contribution in [0.1, 0.15) is 0 Å². The summed E-state index contributed by atoms with van der Waals surface area (Å²) in [5.41, 5.74) is 2.61. The molecule has 0 radical (unpaired) electrons. The van der Waals surface area contributed by atoms with E-state index in [1.165, 1.54) is 0 Å². The fraction of sp³-hybridized carbons (Fsp3) is 0.500. The fourth-order valence-corrected chi connectivity index (χ4v) is 1.72. The van der Waals surface area contributed by atoms with Gasteiger partial charge in [-0.05, 0) is 12.1 Å². The average molecular weight is 310 g/mol. The van der Waals surface area contributed by atoms with Gasteiger partial charge in [0.25, 0.3) is 0 Å². The fourth-order valence-electron chi connectivity index (χ4n) is 1.21. The lowest BCUT2D eigenvalue weighted by Gasteiger charge is -2.14. The van der Waals surface area contributed by atoms with E-state index in [1.54, 1.807) is 25.3 Å². The molecule has 1 rings (SSSR count). The second-order valence-electron chi connectivity index (χ2n) is 3.71. The quantitative estimate of drug-likeness (QED) is 0.539. The van der Waals surface area contributed by atoms with Gasteiger partial charge in [-0.1, -0.05) is 29.3 Å². The Hall–Kier alpha value is -0.560. The molecule has 0 spiro atoms. The molecule has 0 aliphatic heterocycles. The molecule has 108 valence electrons. The Morgan fingerprint density at radius 2 is 1.95 bits per heavy atom. The minimum absolute atomic E-state index is 0.0596. The SMILES string of the molecule is COCCONCC(O)COc1c(Cl)cccc1Cl. The van der Waals surface area contributed by atoms with Crippen molar-refractivity contribution in [2.24, 2.45) is 0 Å². The number of aliphatic hydroxyl groups excluding tert-OH is 1. The number of hydroxylamine groups is 1. The van der Waals surface area contributed by atoms with Crippen LogP contribution >= 0.6 is 23.2 Å². The highest BCUT2D eigenvalue weighted by molar-refractivity contribution is 6.37. The molecule has 0 fully saturated rings. The molecule has 0 saturated heterocycles. The van der Waals surface area contributed by atoms with Crippen LogP contribution in [-0.4, -0.2) is 44.7 Å². The number of hydrogen-bond donors (Lipinski definition) is 2. The maximum Gasteiger partial charge on any atom is 0.156 e. The third kappa shape index (κ3) is 6.42. The molecule has 5 nitrogen and oxygen atoms in total. The van der Waals surface area contributed by atoms with E-state index in [0.29, 0.717) is 29.0 Å². The summed E-state index contributed by atoms with van der Waals surface area (Å²) in [6.45, 7) is 1.17. The molecule has 7 heteroatoms. The van der Waals surface area contributed by atoms with Crippen LogP contribution in [0.4, 0.5) is 0 Å². The highest BCUT2D eigenvalue weighted by Gasteiger charge is 2.10. The van der Waals surface area contributed by atoms with Gasteiger partial charge in [-0.2, -0.15) is 5.48 Å². The molecule has 0 aliphatic carbocycles. The largest absolute Gasteiger partial charge is 0.488 e. The Kier molecular flexibility index (Phi) is 8.13. The Morgan fingerprint density at radius 1 is 1.26 bits per heavy atom. The van der Waals surface area contributed by atoms with Crippen molar-refractivity contribution in [1.29, 1.82) is 0 Å². The Balaban J connectivity index is 2.24. The number of nitrogens with one attached hydrogen (secondary N) is 1. The topological polar surface area (TPSA) is 60.0 Å². The highest BCUT2D eigenvalue weighted by atomic mass is 35.5. The van der Waals surface area contributed by atoms with Crippen LogP contribution in [-0.2, 0) is 9.57 Å². The van der Waals surface area contributed by atoms with Crippen LogP contribution in [0.5, 0.6) is 5.75 Å². The maximum absolute atomic E-state index is 9.66. The van der Waals surface area contributed by atoms with E-state index in [-0.39, 0.29) is 13.2 Å². The van der Waals surface area contributed by atoms with Gasteiger partial charge in [0.2, 0.25) is 0 Å². The smallest absolute Gasteiger partial charge is 0.156 e. The summed E-state index contributed by atoms with van der Waals surface area (Å²) in [6.07, 6.45) is -0.741. The van der Waals surface area contributed by atoms with Crippen molar-refractivity contribution in [1.82, 2.24) is 5.48 Å². The number of rotatable bonds is 9. The molecule has 1 aromatic rings. The molecule has 0 saturated carbocycles. The Bertz CT molecular complexity index is 358. The molecular formula is C12H17Cl2NO4. The van der Waals surface area contributed by atoms with Gasteiger partial charge in [-0.3, -0.25) is 4.84 Å². The number of halogens is 2. The highest BCUT2D eigenvalue weighted by Crippen LogP contribution is 2.32. The summed E-state index contributed by atoms with van der Waals surface area (Å²) in [6, 6.07) is 5.06. The van der Waals surface area contributed by atoms with Crippen molar-refractivity contribution >= 4 is 23.2 Å². The van der Waals surface area contributed by atoms with Crippen molar-refractivity contribution in [3.8, 4) is 5.75 Å². The van der Waals surface area contributed by atoms with Gasteiger partial charge in [-0.25, -0.2) is 0 Å². The number of aliphatic hydroxyl groups is 1. The molecule has 2 N–H and O–H groups in total. The summed E-state index contributed by atoms with van der Waals surface area (Å²) >= 11 is 11.9. The lowest BCUT2D eigenvalue weighted by atomic mass is 10.3. The normalized spacial score (nSPS) is 12.4. The van der Waals surface area contributed by atoms with Crippen molar-refractivity contribution in [3.63, 3.8) is 0 Å². The monoisotopic (exact) mass is 309 g/mol. The third-order valence-corrected chi connectivity index (χ3v) is 2.74. The van der Waals surface area contributed by atoms with Gasteiger partial charge in [0.1, 0.15) is 12.7 Å². The first-order valence-electron chi connectivity index (χ1n) is 5.73. The van der Waals surface area contributed by atoms with Crippen LogP contribution < -0.4 is 10.2 Å². The summed E-state index contributed by atoms with van der Waals surface area (Å²) in [5, 5.41) is 10.5. The Morgan fingerprint density at radius 3 is 2.58 bits per heavy atom. The van der Waals surface area contributed by atoms with Gasteiger partial charge in [-0.15, -0.1) is 0 Å². The molecular weight excluding hydrogens is 293 g/mol. The zero-order valence-electron chi connectivity index (χ0n) is 10.6. The zero-order chi connectivity index (χ0) is 14.1. The second kappa shape index (κ2) is 9.36. The van der Waals surface area contributed by atoms with Gasteiger partial charge in [0.05, 0.1) is 29.8 Å². The van der Waals surface area contributed by atoms with Crippen molar-refractivity contribution in [2.75, 3.05) is 33.5 Å². The van der Waals surface area contributed by atoms with Crippen LogP contribution in [0, 0.1) is 0 Å². The minimum Gasteiger partial charge on any atom is -0.488 e.